The fourth-order valence-electron chi connectivity index (χ4n) is 1.54. The summed E-state index contributed by atoms with van der Waals surface area (Å²) in [7, 11) is 0. The van der Waals surface area contributed by atoms with E-state index < -0.39 is 0 Å². The number of hydrogen-bond donors (Lipinski definition) is 2. The summed E-state index contributed by atoms with van der Waals surface area (Å²) >= 11 is 0. The van der Waals surface area contributed by atoms with E-state index in [9.17, 15) is 9.90 Å². The molecule has 0 fully saturated rings. The van der Waals surface area contributed by atoms with E-state index in [2.05, 4.69) is 4.98 Å². The van der Waals surface area contributed by atoms with Crippen molar-refractivity contribution in [3.63, 3.8) is 0 Å². The minimum absolute atomic E-state index is 0.115. The number of pyridine rings is 2. The van der Waals surface area contributed by atoms with Gasteiger partial charge in [-0.15, -0.1) is 0 Å². The van der Waals surface area contributed by atoms with Crippen LogP contribution < -0.4 is 10.1 Å². The highest BCUT2D eigenvalue weighted by molar-refractivity contribution is 5.39. The summed E-state index contributed by atoms with van der Waals surface area (Å²) in [6.07, 6.45) is 3.61. The van der Waals surface area contributed by atoms with Crippen LogP contribution >= 0.6 is 0 Å². The molecule has 0 spiro atoms. The van der Waals surface area contributed by atoms with Crippen LogP contribution in [0.3, 0.4) is 0 Å². The summed E-state index contributed by atoms with van der Waals surface area (Å²) in [6, 6.07) is 7.04. The van der Waals surface area contributed by atoms with Crippen LogP contribution in [0.15, 0.2) is 41.5 Å². The predicted octanol–water partition coefficient (Wildman–Crippen LogP) is 0.666. The molecule has 0 amide bonds. The Morgan fingerprint density at radius 1 is 1.27 bits per heavy atom. The third kappa shape index (κ3) is 1.74. The van der Waals surface area contributed by atoms with Gasteiger partial charge in [-0.2, -0.15) is 4.57 Å². The van der Waals surface area contributed by atoms with Crippen molar-refractivity contribution in [1.29, 1.82) is 0 Å². The molecule has 76 valence electrons. The van der Waals surface area contributed by atoms with Crippen LogP contribution in [0, 0.1) is 6.92 Å². The lowest BCUT2D eigenvalue weighted by Gasteiger charge is -2.00. The average molecular weight is 203 g/mol. The number of nitrogens with one attached hydrogen (secondary N) is 1. The molecule has 0 saturated heterocycles. The maximum Gasteiger partial charge on any atom is 0.274 e. The summed E-state index contributed by atoms with van der Waals surface area (Å²) in [5.41, 5.74) is 1.02. The van der Waals surface area contributed by atoms with Crippen molar-refractivity contribution in [3.05, 3.63) is 52.6 Å². The first kappa shape index (κ1) is 9.45. The van der Waals surface area contributed by atoms with E-state index in [1.54, 1.807) is 23.9 Å². The van der Waals surface area contributed by atoms with Crippen molar-refractivity contribution < 1.29 is 9.67 Å². The molecular weight excluding hydrogens is 192 g/mol. The van der Waals surface area contributed by atoms with Gasteiger partial charge in [-0.3, -0.25) is 9.78 Å². The number of nitrogens with zero attached hydrogens (tertiary/aromatic N) is 1. The van der Waals surface area contributed by atoms with Crippen molar-refractivity contribution >= 4 is 0 Å². The highest BCUT2D eigenvalue weighted by Crippen LogP contribution is 2.14. The monoisotopic (exact) mass is 203 g/mol. The number of aromatic hydroxyl groups is 1. The topological polar surface area (TPSA) is 57.0 Å². The smallest absolute Gasteiger partial charge is 0.274 e. The summed E-state index contributed by atoms with van der Waals surface area (Å²) in [6.45, 7) is 1.78. The molecule has 4 heteroatoms. The third-order valence-corrected chi connectivity index (χ3v) is 2.16. The Hall–Kier alpha value is -2.10. The van der Waals surface area contributed by atoms with E-state index in [0.29, 0.717) is 5.69 Å². The van der Waals surface area contributed by atoms with E-state index >= 15 is 0 Å². The lowest BCUT2D eigenvalue weighted by atomic mass is 10.2. The lowest BCUT2D eigenvalue weighted by Crippen LogP contribution is -2.31. The van der Waals surface area contributed by atoms with Gasteiger partial charge in [0.1, 0.15) is 0 Å². The molecule has 15 heavy (non-hydrogen) atoms. The Bertz CT molecular complexity index is 506. The second-order valence-corrected chi connectivity index (χ2v) is 3.30. The molecule has 2 aromatic heterocycles. The quantitative estimate of drug-likeness (QED) is 0.669. The number of H-pyrrole nitrogens is 1. The van der Waals surface area contributed by atoms with E-state index in [1.807, 2.05) is 18.2 Å². The molecule has 0 bridgehead atoms. The van der Waals surface area contributed by atoms with Gasteiger partial charge < -0.3 is 5.11 Å². The predicted molar refractivity (Wildman–Crippen MR) is 55.0 cm³/mol. The number of hydrogen-bond acceptors (Lipinski definition) is 2. The molecule has 0 saturated carbocycles. The Morgan fingerprint density at radius 2 is 1.93 bits per heavy atom. The van der Waals surface area contributed by atoms with Crippen LogP contribution in [0.5, 0.6) is 5.88 Å². The van der Waals surface area contributed by atoms with Crippen LogP contribution in [-0.2, 0) is 0 Å². The van der Waals surface area contributed by atoms with Crippen molar-refractivity contribution in [2.45, 2.75) is 6.92 Å². The van der Waals surface area contributed by atoms with Crippen LogP contribution in [0.4, 0.5) is 0 Å². The molecule has 4 nitrogen and oxygen atoms in total. The van der Waals surface area contributed by atoms with Crippen LogP contribution in [0.25, 0.3) is 5.69 Å². The second-order valence-electron chi connectivity index (χ2n) is 3.30. The zero-order valence-corrected chi connectivity index (χ0v) is 8.27. The Kier molecular flexibility index (Phi) is 2.25. The average Bonchev–Trinajstić information content (AvgIpc) is 2.17. The highest BCUT2D eigenvalue weighted by Gasteiger charge is 2.16. The fraction of sp³-hybridized carbons (Fsp3) is 0.0909. The summed E-state index contributed by atoms with van der Waals surface area (Å²) in [5, 5.41) is 9.65. The lowest BCUT2D eigenvalue weighted by molar-refractivity contribution is -0.597. The molecule has 2 rings (SSSR count). The maximum atomic E-state index is 11.1. The molecular formula is C11H11N2O2+. The minimum Gasteiger partial charge on any atom is -0.490 e. The Labute approximate surface area is 86.5 Å². The van der Waals surface area contributed by atoms with E-state index in [0.717, 1.165) is 5.56 Å². The second kappa shape index (κ2) is 3.57. The largest absolute Gasteiger partial charge is 0.490 e. The highest BCUT2D eigenvalue weighted by atomic mass is 16.3. The van der Waals surface area contributed by atoms with Crippen molar-refractivity contribution in [2.24, 2.45) is 0 Å². The van der Waals surface area contributed by atoms with Crippen molar-refractivity contribution in [2.75, 3.05) is 0 Å². The molecule has 0 aliphatic rings. The van der Waals surface area contributed by atoms with Crippen molar-refractivity contribution in [1.82, 2.24) is 4.98 Å². The standard InChI is InChI=1S/C11H10N2O2/c1-8-7-9(14)12-11(15)10(8)13-5-3-2-4-6-13/h2-7H,1H3,(H-,12,14,15)/p+1. The van der Waals surface area contributed by atoms with Gasteiger partial charge in [0.2, 0.25) is 0 Å². The van der Waals surface area contributed by atoms with Gasteiger partial charge in [0, 0.05) is 23.8 Å². The Morgan fingerprint density at radius 3 is 2.53 bits per heavy atom. The van der Waals surface area contributed by atoms with Crippen LogP contribution in [0.2, 0.25) is 0 Å². The minimum atomic E-state index is -0.301. The molecule has 0 unspecified atom stereocenters. The molecule has 0 radical (unpaired) electrons. The van der Waals surface area contributed by atoms with E-state index in [1.165, 1.54) is 6.07 Å². The molecule has 2 heterocycles. The van der Waals surface area contributed by atoms with Gasteiger partial charge in [0.15, 0.2) is 12.4 Å². The molecule has 2 N–H and O–H groups in total. The Balaban J connectivity index is 2.69. The first-order valence-corrected chi connectivity index (χ1v) is 4.58. The van der Waals surface area contributed by atoms with E-state index in [4.69, 9.17) is 0 Å². The fourth-order valence-corrected chi connectivity index (χ4v) is 1.54. The molecule has 0 aromatic carbocycles. The number of aryl methyl sites for hydroxylation is 1. The summed E-state index contributed by atoms with van der Waals surface area (Å²) in [4.78, 5) is 13.4. The first-order valence-electron chi connectivity index (χ1n) is 4.58. The SMILES string of the molecule is Cc1cc(=O)[nH]c(O)c1-[n+]1ccccc1. The summed E-state index contributed by atoms with van der Waals surface area (Å²) < 4.78 is 1.75. The summed E-state index contributed by atoms with van der Waals surface area (Å²) in [5.74, 6) is -0.115. The molecule has 0 aliphatic heterocycles. The van der Waals surface area contributed by atoms with Crippen LogP contribution in [0.1, 0.15) is 5.56 Å². The number of aromatic amines is 1. The van der Waals surface area contributed by atoms with Gasteiger partial charge in [-0.25, -0.2) is 0 Å². The van der Waals surface area contributed by atoms with Gasteiger partial charge >= 0.3 is 0 Å². The van der Waals surface area contributed by atoms with E-state index in [-0.39, 0.29) is 11.4 Å². The van der Waals surface area contributed by atoms with Gasteiger partial charge in [0.05, 0.1) is 0 Å². The molecule has 0 aliphatic carbocycles. The van der Waals surface area contributed by atoms with Gasteiger partial charge in [-0.1, -0.05) is 6.07 Å². The van der Waals surface area contributed by atoms with Gasteiger partial charge in [-0.05, 0) is 6.92 Å². The first-order chi connectivity index (χ1) is 7.18. The number of rotatable bonds is 1. The van der Waals surface area contributed by atoms with Gasteiger partial charge in [0.25, 0.3) is 17.1 Å². The zero-order chi connectivity index (χ0) is 10.8. The number of aromatic nitrogens is 2. The van der Waals surface area contributed by atoms with Crippen LogP contribution in [-0.4, -0.2) is 10.1 Å². The molecule has 0 atom stereocenters. The van der Waals surface area contributed by atoms with Crippen molar-refractivity contribution in [3.8, 4) is 11.6 Å². The zero-order valence-electron chi connectivity index (χ0n) is 8.27. The maximum absolute atomic E-state index is 11.1. The normalized spacial score (nSPS) is 10.2. The third-order valence-electron chi connectivity index (χ3n) is 2.16. The molecule has 2 aromatic rings.